The van der Waals surface area contributed by atoms with Gasteiger partial charge in [-0.15, -0.1) is 0 Å². The number of carbonyl (C=O) groups excluding carboxylic acids is 1. The van der Waals surface area contributed by atoms with Gasteiger partial charge in [-0.3, -0.25) is 4.79 Å². The van der Waals surface area contributed by atoms with Crippen LogP contribution in [0.2, 0.25) is 0 Å². The molecule has 2 nitrogen and oxygen atoms in total. The van der Waals surface area contributed by atoms with Crippen molar-refractivity contribution < 1.29 is 31.1 Å². The van der Waals surface area contributed by atoms with Gasteiger partial charge >= 0.3 is 6.18 Å². The maximum absolute atomic E-state index is 13.0. The zero-order valence-corrected chi connectivity index (χ0v) is 7.36. The Balaban J connectivity index is 3.46. The van der Waals surface area contributed by atoms with Crippen LogP contribution in [0.1, 0.15) is 28.2 Å². The summed E-state index contributed by atoms with van der Waals surface area (Å²) in [5.74, 6) is -1.74. The molecule has 0 fully saturated rings. The molecule has 1 heterocycles. The predicted molar refractivity (Wildman–Crippen MR) is 39.5 cm³/mol. The number of nitrogens with zero attached hydrogens (tertiary/aromatic N) is 1. The quantitative estimate of drug-likeness (QED) is 0.590. The molecule has 0 spiro atoms. The minimum Gasteiger partial charge on any atom is -0.298 e. The summed E-state index contributed by atoms with van der Waals surface area (Å²) >= 11 is 0. The molecular formula is C8H3F6NO. The fourth-order valence-corrected chi connectivity index (χ4v) is 0.945. The Bertz CT molecular complexity index is 414. The lowest BCUT2D eigenvalue weighted by molar-refractivity contribution is -0.141. The first kappa shape index (κ1) is 12.5. The van der Waals surface area contributed by atoms with Crippen molar-refractivity contribution in [3.8, 4) is 0 Å². The molecule has 0 radical (unpaired) electrons. The number of aromatic nitrogens is 1. The Morgan fingerprint density at radius 2 is 1.88 bits per heavy atom. The van der Waals surface area contributed by atoms with Gasteiger partial charge in [-0.2, -0.15) is 13.2 Å². The maximum Gasteiger partial charge on any atom is 0.433 e. The van der Waals surface area contributed by atoms with Gasteiger partial charge in [0.1, 0.15) is 11.4 Å². The Kier molecular flexibility index (Phi) is 3.20. The average molecular weight is 243 g/mol. The third kappa shape index (κ3) is 2.31. The van der Waals surface area contributed by atoms with Crippen LogP contribution >= 0.6 is 0 Å². The van der Waals surface area contributed by atoms with E-state index in [4.69, 9.17) is 0 Å². The molecule has 1 aromatic rings. The van der Waals surface area contributed by atoms with Crippen LogP contribution in [0.3, 0.4) is 0 Å². The van der Waals surface area contributed by atoms with Crippen molar-refractivity contribution in [2.45, 2.75) is 12.6 Å². The van der Waals surface area contributed by atoms with E-state index in [9.17, 15) is 31.1 Å². The van der Waals surface area contributed by atoms with E-state index in [2.05, 4.69) is 4.98 Å². The number of rotatable bonds is 2. The van der Waals surface area contributed by atoms with Crippen LogP contribution in [0.15, 0.2) is 6.07 Å². The van der Waals surface area contributed by atoms with E-state index in [0.29, 0.717) is 0 Å². The first-order valence-electron chi connectivity index (χ1n) is 3.78. The zero-order chi connectivity index (χ0) is 12.5. The molecular weight excluding hydrogens is 240 g/mol. The largest absolute Gasteiger partial charge is 0.433 e. The van der Waals surface area contributed by atoms with E-state index < -0.39 is 35.4 Å². The van der Waals surface area contributed by atoms with E-state index in [0.717, 1.165) is 0 Å². The Hall–Kier alpha value is -1.60. The van der Waals surface area contributed by atoms with Gasteiger partial charge in [0.15, 0.2) is 12.1 Å². The van der Waals surface area contributed by atoms with Gasteiger partial charge in [0.2, 0.25) is 0 Å². The predicted octanol–water partition coefficient (Wildman–Crippen LogP) is 2.99. The number of aldehydes is 1. The van der Waals surface area contributed by atoms with Crippen molar-refractivity contribution in [3.05, 3.63) is 28.8 Å². The van der Waals surface area contributed by atoms with Gasteiger partial charge in [-0.25, -0.2) is 18.2 Å². The van der Waals surface area contributed by atoms with Crippen molar-refractivity contribution in [3.63, 3.8) is 0 Å². The summed E-state index contributed by atoms with van der Waals surface area (Å²) in [7, 11) is 0. The topological polar surface area (TPSA) is 30.0 Å². The van der Waals surface area contributed by atoms with Crippen molar-refractivity contribution in [1.82, 2.24) is 4.98 Å². The maximum atomic E-state index is 13.0. The van der Waals surface area contributed by atoms with E-state index in [1.54, 1.807) is 0 Å². The molecule has 0 saturated carbocycles. The molecule has 0 bridgehead atoms. The molecule has 0 aliphatic rings. The van der Waals surface area contributed by atoms with Crippen molar-refractivity contribution in [2.24, 2.45) is 0 Å². The van der Waals surface area contributed by atoms with Crippen LogP contribution in [-0.2, 0) is 6.18 Å². The van der Waals surface area contributed by atoms with E-state index in [1.165, 1.54) is 0 Å². The fourth-order valence-electron chi connectivity index (χ4n) is 0.945. The normalized spacial score (nSPS) is 11.9. The van der Waals surface area contributed by atoms with E-state index >= 15 is 0 Å². The molecule has 0 N–H and O–H groups in total. The highest BCUT2D eigenvalue weighted by atomic mass is 19.4. The molecule has 0 saturated heterocycles. The number of carbonyl (C=O) groups is 1. The summed E-state index contributed by atoms with van der Waals surface area (Å²) in [6.45, 7) is 0. The lowest BCUT2D eigenvalue weighted by Gasteiger charge is -2.09. The lowest BCUT2D eigenvalue weighted by Crippen LogP contribution is -2.13. The molecule has 0 amide bonds. The highest BCUT2D eigenvalue weighted by Crippen LogP contribution is 2.31. The molecule has 0 unspecified atom stereocenters. The van der Waals surface area contributed by atoms with Crippen LogP contribution in [0.4, 0.5) is 26.3 Å². The summed E-state index contributed by atoms with van der Waals surface area (Å²) in [4.78, 5) is 12.6. The molecule has 0 atom stereocenters. The molecule has 16 heavy (non-hydrogen) atoms. The van der Waals surface area contributed by atoms with Crippen LogP contribution in [0.5, 0.6) is 0 Å². The third-order valence-corrected chi connectivity index (χ3v) is 1.64. The highest BCUT2D eigenvalue weighted by Gasteiger charge is 2.35. The molecule has 8 heteroatoms. The summed E-state index contributed by atoms with van der Waals surface area (Å²) < 4.78 is 73.6. The number of hydrogen-bond donors (Lipinski definition) is 0. The number of halogens is 6. The highest BCUT2D eigenvalue weighted by molar-refractivity contribution is 5.75. The fraction of sp³-hybridized carbons (Fsp3) is 0.250. The Labute approximate surface area is 84.9 Å². The summed E-state index contributed by atoms with van der Waals surface area (Å²) in [5.41, 5.74) is -4.51. The molecule has 0 aliphatic carbocycles. The van der Waals surface area contributed by atoms with Crippen LogP contribution in [0.25, 0.3) is 0 Å². The van der Waals surface area contributed by atoms with Crippen LogP contribution in [0, 0.1) is 5.82 Å². The van der Waals surface area contributed by atoms with Crippen LogP contribution in [-0.4, -0.2) is 11.3 Å². The second-order valence-electron chi connectivity index (χ2n) is 2.71. The second-order valence-corrected chi connectivity index (χ2v) is 2.71. The third-order valence-electron chi connectivity index (χ3n) is 1.64. The van der Waals surface area contributed by atoms with E-state index in [1.807, 2.05) is 0 Å². The molecule has 0 aromatic carbocycles. The SMILES string of the molecule is O=Cc1cc(C(F)(F)F)nc(C(F)F)c1F. The standard InChI is InChI=1S/C8H3F6NO/c9-5-3(2-16)1-4(8(12,13)14)15-6(5)7(10)11/h1-2,7H. The smallest absolute Gasteiger partial charge is 0.298 e. The minimum atomic E-state index is -5.02. The number of alkyl halides is 5. The first-order valence-corrected chi connectivity index (χ1v) is 3.78. The molecule has 1 rings (SSSR count). The van der Waals surface area contributed by atoms with Gasteiger partial charge in [0.05, 0.1) is 5.56 Å². The Morgan fingerprint density at radius 1 is 1.31 bits per heavy atom. The van der Waals surface area contributed by atoms with E-state index in [-0.39, 0.29) is 12.4 Å². The number of pyridine rings is 1. The summed E-state index contributed by atoms with van der Waals surface area (Å²) in [5, 5.41) is 0. The monoisotopic (exact) mass is 243 g/mol. The van der Waals surface area contributed by atoms with Gasteiger partial charge < -0.3 is 0 Å². The van der Waals surface area contributed by atoms with Crippen molar-refractivity contribution in [1.29, 1.82) is 0 Å². The zero-order valence-electron chi connectivity index (χ0n) is 7.36. The summed E-state index contributed by atoms with van der Waals surface area (Å²) in [6, 6.07) is 0.0776. The first-order chi connectivity index (χ1) is 7.27. The molecule has 88 valence electrons. The van der Waals surface area contributed by atoms with Crippen molar-refractivity contribution >= 4 is 6.29 Å². The minimum absolute atomic E-state index is 0.0776. The average Bonchev–Trinajstić information content (AvgIpc) is 2.15. The van der Waals surface area contributed by atoms with Crippen LogP contribution < -0.4 is 0 Å². The molecule has 1 aromatic heterocycles. The molecule has 0 aliphatic heterocycles. The van der Waals surface area contributed by atoms with Gasteiger partial charge in [0.25, 0.3) is 6.43 Å². The lowest BCUT2D eigenvalue weighted by atomic mass is 10.2. The van der Waals surface area contributed by atoms with Crippen molar-refractivity contribution in [2.75, 3.05) is 0 Å². The summed E-state index contributed by atoms with van der Waals surface area (Å²) in [6.07, 6.45) is -8.83. The Morgan fingerprint density at radius 3 is 2.25 bits per heavy atom. The van der Waals surface area contributed by atoms with Gasteiger partial charge in [-0.05, 0) is 6.07 Å². The number of hydrogen-bond acceptors (Lipinski definition) is 2. The van der Waals surface area contributed by atoms with Gasteiger partial charge in [0, 0.05) is 0 Å². The van der Waals surface area contributed by atoms with Gasteiger partial charge in [-0.1, -0.05) is 0 Å². The second kappa shape index (κ2) is 4.11.